The van der Waals surface area contributed by atoms with Gasteiger partial charge in [-0.15, -0.1) is 0 Å². The van der Waals surface area contributed by atoms with E-state index in [9.17, 15) is 13.2 Å². The number of anilines is 1. The van der Waals surface area contributed by atoms with Crippen LogP contribution in [-0.2, 0) is 6.18 Å². The average molecular weight is 349 g/mol. The number of aromatic nitrogens is 1. The van der Waals surface area contributed by atoms with Gasteiger partial charge in [-0.2, -0.15) is 13.2 Å². The Balaban J connectivity index is 2.45. The van der Waals surface area contributed by atoms with Gasteiger partial charge in [0.15, 0.2) is 0 Å². The average Bonchev–Trinajstić information content (AvgIpc) is 2.30. The van der Waals surface area contributed by atoms with Gasteiger partial charge >= 0.3 is 6.18 Å². The number of hydrogen-bond donors (Lipinski definition) is 1. The predicted octanol–water partition coefficient (Wildman–Crippen LogP) is 4.60. The number of hydrogen-bond acceptors (Lipinski definition) is 3. The molecule has 2 rings (SSSR count). The Kier molecular flexibility index (Phi) is 4.05. The van der Waals surface area contributed by atoms with Crippen molar-refractivity contribution in [3.8, 4) is 0 Å². The zero-order chi connectivity index (χ0) is 14.0. The standard InChI is InChI=1S/C12H8BrF3N2S/c13-7-1-2-8(12(14,15)16)11(5-7)19-10-3-4-18-6-9(10)17/h1-6H,17H2. The summed E-state index contributed by atoms with van der Waals surface area (Å²) in [4.78, 5) is 4.44. The fourth-order valence-electron chi connectivity index (χ4n) is 1.42. The molecule has 2 N–H and O–H groups in total. The molecule has 0 spiro atoms. The molecule has 2 aromatic rings. The van der Waals surface area contributed by atoms with E-state index >= 15 is 0 Å². The third kappa shape index (κ3) is 3.42. The third-order valence-electron chi connectivity index (χ3n) is 2.28. The monoisotopic (exact) mass is 348 g/mol. The Morgan fingerprint density at radius 3 is 2.53 bits per heavy atom. The van der Waals surface area contributed by atoms with Crippen LogP contribution in [0.25, 0.3) is 0 Å². The van der Waals surface area contributed by atoms with E-state index in [1.54, 1.807) is 6.07 Å². The van der Waals surface area contributed by atoms with Gasteiger partial charge < -0.3 is 5.73 Å². The maximum absolute atomic E-state index is 12.9. The summed E-state index contributed by atoms with van der Waals surface area (Å²) in [5, 5.41) is 0. The smallest absolute Gasteiger partial charge is 0.397 e. The first kappa shape index (κ1) is 14.2. The minimum atomic E-state index is -4.40. The fraction of sp³-hybridized carbons (Fsp3) is 0.0833. The molecule has 2 nitrogen and oxygen atoms in total. The molecule has 0 bridgehead atoms. The first-order valence-corrected chi connectivity index (χ1v) is 6.73. The van der Waals surface area contributed by atoms with Crippen LogP contribution in [0.15, 0.2) is 50.9 Å². The third-order valence-corrected chi connectivity index (χ3v) is 3.92. The normalized spacial score (nSPS) is 11.6. The highest BCUT2D eigenvalue weighted by Crippen LogP contribution is 2.41. The Bertz CT molecular complexity index is 602. The molecule has 0 saturated heterocycles. The van der Waals surface area contributed by atoms with Crippen molar-refractivity contribution in [3.63, 3.8) is 0 Å². The first-order chi connectivity index (χ1) is 8.88. The van der Waals surface area contributed by atoms with Crippen LogP contribution < -0.4 is 5.73 Å². The number of rotatable bonds is 2. The summed E-state index contributed by atoms with van der Waals surface area (Å²) in [5.74, 6) is 0. The molecule has 0 fully saturated rings. The largest absolute Gasteiger partial charge is 0.417 e. The van der Waals surface area contributed by atoms with Gasteiger partial charge in [-0.1, -0.05) is 27.7 Å². The van der Waals surface area contributed by atoms with Gasteiger partial charge in [-0.05, 0) is 24.3 Å². The van der Waals surface area contributed by atoms with Crippen LogP contribution in [0, 0.1) is 0 Å². The van der Waals surface area contributed by atoms with Crippen LogP contribution in [-0.4, -0.2) is 4.98 Å². The summed E-state index contributed by atoms with van der Waals surface area (Å²) in [6.07, 6.45) is -1.50. The lowest BCUT2D eigenvalue weighted by Crippen LogP contribution is -2.06. The summed E-state index contributed by atoms with van der Waals surface area (Å²) >= 11 is 4.14. The molecule has 1 aromatic carbocycles. The number of halogens is 4. The molecule has 0 radical (unpaired) electrons. The first-order valence-electron chi connectivity index (χ1n) is 5.12. The Morgan fingerprint density at radius 1 is 1.16 bits per heavy atom. The van der Waals surface area contributed by atoms with Gasteiger partial charge in [-0.25, -0.2) is 0 Å². The van der Waals surface area contributed by atoms with E-state index in [0.29, 0.717) is 15.1 Å². The summed E-state index contributed by atoms with van der Waals surface area (Å²) in [6, 6.07) is 5.42. The fourth-order valence-corrected chi connectivity index (χ4v) is 2.95. The molecule has 0 unspecified atom stereocenters. The van der Waals surface area contributed by atoms with E-state index in [1.807, 2.05) is 0 Å². The van der Waals surface area contributed by atoms with E-state index in [1.165, 1.54) is 24.5 Å². The molecule has 0 saturated carbocycles. The predicted molar refractivity (Wildman–Crippen MR) is 71.9 cm³/mol. The van der Waals surface area contributed by atoms with E-state index < -0.39 is 11.7 Å². The lowest BCUT2D eigenvalue weighted by molar-refractivity contribution is -0.139. The van der Waals surface area contributed by atoms with Gasteiger partial charge in [0.05, 0.1) is 17.4 Å². The molecule has 1 heterocycles. The summed E-state index contributed by atoms with van der Waals surface area (Å²) in [7, 11) is 0. The molecule has 19 heavy (non-hydrogen) atoms. The van der Waals surface area contributed by atoms with Crippen LogP contribution in [0.5, 0.6) is 0 Å². The summed E-state index contributed by atoms with van der Waals surface area (Å²) in [5.41, 5.74) is 5.35. The van der Waals surface area contributed by atoms with E-state index in [-0.39, 0.29) is 4.90 Å². The van der Waals surface area contributed by atoms with Gasteiger partial charge in [-0.3, -0.25) is 4.98 Å². The van der Waals surface area contributed by atoms with Crippen LogP contribution in [0.2, 0.25) is 0 Å². The van der Waals surface area contributed by atoms with Crippen molar-refractivity contribution in [2.45, 2.75) is 16.0 Å². The van der Waals surface area contributed by atoms with Crippen molar-refractivity contribution in [2.75, 3.05) is 5.73 Å². The second-order valence-corrected chi connectivity index (χ2v) is 5.65. The van der Waals surface area contributed by atoms with Crippen molar-refractivity contribution in [1.82, 2.24) is 4.98 Å². The molecule has 7 heteroatoms. The highest BCUT2D eigenvalue weighted by Gasteiger charge is 2.33. The van der Waals surface area contributed by atoms with E-state index in [4.69, 9.17) is 5.73 Å². The van der Waals surface area contributed by atoms with Crippen LogP contribution >= 0.6 is 27.7 Å². The topological polar surface area (TPSA) is 38.9 Å². The number of alkyl halides is 3. The molecule has 0 aliphatic heterocycles. The lowest BCUT2D eigenvalue weighted by Gasteiger charge is -2.13. The molecule has 0 aliphatic carbocycles. The van der Waals surface area contributed by atoms with E-state index in [0.717, 1.165) is 17.8 Å². The number of nitrogens with zero attached hydrogens (tertiary/aromatic N) is 1. The van der Waals surface area contributed by atoms with Crippen molar-refractivity contribution >= 4 is 33.4 Å². The number of nitrogens with two attached hydrogens (primary N) is 1. The van der Waals surface area contributed by atoms with Crippen LogP contribution in [0.3, 0.4) is 0 Å². The second kappa shape index (κ2) is 5.42. The molecule has 100 valence electrons. The van der Waals surface area contributed by atoms with E-state index in [2.05, 4.69) is 20.9 Å². The quantitative estimate of drug-likeness (QED) is 0.862. The maximum atomic E-state index is 12.9. The molecular formula is C12H8BrF3N2S. The molecule has 0 aliphatic rings. The highest BCUT2D eigenvalue weighted by atomic mass is 79.9. The molecule has 1 aromatic heterocycles. The maximum Gasteiger partial charge on any atom is 0.417 e. The number of pyridine rings is 1. The lowest BCUT2D eigenvalue weighted by atomic mass is 10.2. The van der Waals surface area contributed by atoms with Crippen molar-refractivity contribution in [1.29, 1.82) is 0 Å². The zero-order valence-corrected chi connectivity index (χ0v) is 11.8. The van der Waals surface area contributed by atoms with Gasteiger partial charge in [0.2, 0.25) is 0 Å². The van der Waals surface area contributed by atoms with Crippen molar-refractivity contribution < 1.29 is 13.2 Å². The molecule has 0 amide bonds. The second-order valence-electron chi connectivity index (χ2n) is 3.65. The van der Waals surface area contributed by atoms with Crippen LogP contribution in [0.4, 0.5) is 18.9 Å². The zero-order valence-electron chi connectivity index (χ0n) is 9.41. The van der Waals surface area contributed by atoms with Crippen LogP contribution in [0.1, 0.15) is 5.56 Å². The summed E-state index contributed by atoms with van der Waals surface area (Å²) in [6.45, 7) is 0. The molecular weight excluding hydrogens is 341 g/mol. The van der Waals surface area contributed by atoms with Crippen molar-refractivity contribution in [2.24, 2.45) is 0 Å². The van der Waals surface area contributed by atoms with Gasteiger partial charge in [0, 0.05) is 20.5 Å². The minimum absolute atomic E-state index is 0.0970. The Labute approximate surface area is 120 Å². The summed E-state index contributed by atoms with van der Waals surface area (Å²) < 4.78 is 39.3. The van der Waals surface area contributed by atoms with Gasteiger partial charge in [0.1, 0.15) is 0 Å². The molecule has 0 atom stereocenters. The minimum Gasteiger partial charge on any atom is -0.397 e. The van der Waals surface area contributed by atoms with Crippen molar-refractivity contribution in [3.05, 3.63) is 46.7 Å². The number of nitrogen functional groups attached to an aromatic ring is 1. The highest BCUT2D eigenvalue weighted by molar-refractivity contribution is 9.10. The number of benzene rings is 1. The Morgan fingerprint density at radius 2 is 1.89 bits per heavy atom. The van der Waals surface area contributed by atoms with Gasteiger partial charge in [0.25, 0.3) is 0 Å². The SMILES string of the molecule is Nc1cnccc1Sc1cc(Br)ccc1C(F)(F)F. The Hall–Kier alpha value is -1.21.